The summed E-state index contributed by atoms with van der Waals surface area (Å²) < 4.78 is 16.0. The Morgan fingerprint density at radius 2 is 1.61 bits per heavy atom. The molecule has 0 unspecified atom stereocenters. The van der Waals surface area contributed by atoms with E-state index in [0.29, 0.717) is 32.9 Å². The van der Waals surface area contributed by atoms with Gasteiger partial charge in [0.2, 0.25) is 5.91 Å². The summed E-state index contributed by atoms with van der Waals surface area (Å²) in [6.07, 6.45) is 3.15. The molecule has 0 saturated heterocycles. The van der Waals surface area contributed by atoms with Crippen molar-refractivity contribution in [2.24, 2.45) is 0 Å². The number of halogens is 2. The van der Waals surface area contributed by atoms with Crippen LogP contribution >= 0.6 is 23.2 Å². The summed E-state index contributed by atoms with van der Waals surface area (Å²) >= 11 is 12.2. The van der Waals surface area contributed by atoms with Crippen molar-refractivity contribution in [2.75, 3.05) is 28.4 Å². The molecule has 2 aromatic rings. The van der Waals surface area contributed by atoms with Gasteiger partial charge in [-0.15, -0.1) is 0 Å². The Balaban J connectivity index is 2.24. The van der Waals surface area contributed by atoms with Gasteiger partial charge in [0, 0.05) is 34.8 Å². The summed E-state index contributed by atoms with van der Waals surface area (Å²) in [5.74, 6) is 1.48. The Labute approximate surface area is 175 Å². The highest BCUT2D eigenvalue weighted by molar-refractivity contribution is 6.35. The first kappa shape index (κ1) is 21.9. The largest absolute Gasteiger partial charge is 0.496 e. The molecule has 0 radical (unpaired) electrons. The fourth-order valence-electron chi connectivity index (χ4n) is 2.70. The number of likely N-dealkylation sites (N-methyl/N-ethyl adjacent to an activating group) is 1. The number of amides is 1. The minimum Gasteiger partial charge on any atom is -0.496 e. The van der Waals surface area contributed by atoms with Crippen LogP contribution in [0.2, 0.25) is 10.0 Å². The van der Waals surface area contributed by atoms with Gasteiger partial charge in [-0.2, -0.15) is 0 Å². The average molecular weight is 424 g/mol. The quantitative estimate of drug-likeness (QED) is 0.570. The number of benzene rings is 2. The van der Waals surface area contributed by atoms with E-state index < -0.39 is 0 Å². The molecule has 28 heavy (non-hydrogen) atoms. The second-order valence-corrected chi connectivity index (χ2v) is 6.92. The molecule has 0 bridgehead atoms. The van der Waals surface area contributed by atoms with Gasteiger partial charge in [-0.25, -0.2) is 0 Å². The van der Waals surface area contributed by atoms with Crippen LogP contribution in [0.1, 0.15) is 24.1 Å². The molecule has 7 heteroatoms. The van der Waals surface area contributed by atoms with Crippen LogP contribution in [-0.2, 0) is 4.79 Å². The highest BCUT2D eigenvalue weighted by Gasteiger charge is 2.18. The third-order valence-corrected chi connectivity index (χ3v) is 5.04. The molecule has 5 nitrogen and oxygen atoms in total. The van der Waals surface area contributed by atoms with Crippen LogP contribution in [0.4, 0.5) is 0 Å². The summed E-state index contributed by atoms with van der Waals surface area (Å²) in [7, 11) is 6.37. The van der Waals surface area contributed by atoms with E-state index in [2.05, 4.69) is 0 Å². The summed E-state index contributed by atoms with van der Waals surface area (Å²) in [6, 6.07) is 8.47. The number of hydrogen-bond acceptors (Lipinski definition) is 4. The zero-order valence-electron chi connectivity index (χ0n) is 16.5. The average Bonchev–Trinajstić information content (AvgIpc) is 2.70. The molecular weight excluding hydrogens is 401 g/mol. The minimum atomic E-state index is -0.228. The van der Waals surface area contributed by atoms with E-state index >= 15 is 0 Å². The molecule has 0 aliphatic carbocycles. The number of hydrogen-bond donors (Lipinski definition) is 0. The van der Waals surface area contributed by atoms with Crippen LogP contribution < -0.4 is 14.2 Å². The van der Waals surface area contributed by atoms with Gasteiger partial charge in [0.15, 0.2) is 11.5 Å². The first-order chi connectivity index (χ1) is 13.3. The summed E-state index contributed by atoms with van der Waals surface area (Å²) in [5.41, 5.74) is 1.51. The summed E-state index contributed by atoms with van der Waals surface area (Å²) in [4.78, 5) is 14.3. The molecule has 150 valence electrons. The van der Waals surface area contributed by atoms with Gasteiger partial charge >= 0.3 is 0 Å². The SMILES string of the molecule is COc1cc(OC)c(OC)cc1/C=C/C(=O)N(C)[C@H](C)c1ccc(Cl)cc1Cl. The molecule has 0 fully saturated rings. The fraction of sp³-hybridized carbons (Fsp3) is 0.286. The molecule has 0 saturated carbocycles. The molecule has 0 aromatic heterocycles. The zero-order valence-corrected chi connectivity index (χ0v) is 18.0. The van der Waals surface area contributed by atoms with Crippen molar-refractivity contribution in [3.05, 3.63) is 57.6 Å². The van der Waals surface area contributed by atoms with Crippen molar-refractivity contribution in [1.82, 2.24) is 4.90 Å². The number of ether oxygens (including phenoxy) is 3. The van der Waals surface area contributed by atoms with E-state index in [1.54, 1.807) is 63.6 Å². The van der Waals surface area contributed by atoms with Gasteiger partial charge in [0.05, 0.1) is 27.4 Å². The van der Waals surface area contributed by atoms with Gasteiger partial charge in [-0.05, 0) is 36.8 Å². The molecule has 0 spiro atoms. The molecule has 0 heterocycles. The van der Waals surface area contributed by atoms with Crippen molar-refractivity contribution < 1.29 is 19.0 Å². The molecule has 2 rings (SSSR count). The lowest BCUT2D eigenvalue weighted by molar-refractivity contribution is -0.126. The van der Waals surface area contributed by atoms with Crippen molar-refractivity contribution in [3.63, 3.8) is 0 Å². The Bertz CT molecular complexity index is 883. The Morgan fingerprint density at radius 3 is 2.18 bits per heavy atom. The van der Waals surface area contributed by atoms with Crippen LogP contribution in [0, 0.1) is 0 Å². The van der Waals surface area contributed by atoms with Crippen LogP contribution in [0.3, 0.4) is 0 Å². The lowest BCUT2D eigenvalue weighted by Gasteiger charge is -2.25. The second-order valence-electron chi connectivity index (χ2n) is 6.07. The Morgan fingerprint density at radius 1 is 1.00 bits per heavy atom. The van der Waals surface area contributed by atoms with Gasteiger partial charge in [0.1, 0.15) is 5.75 Å². The van der Waals surface area contributed by atoms with Crippen molar-refractivity contribution in [3.8, 4) is 17.2 Å². The highest BCUT2D eigenvalue weighted by atomic mass is 35.5. The molecule has 2 aromatic carbocycles. The van der Waals surface area contributed by atoms with E-state index in [0.717, 1.165) is 5.56 Å². The minimum absolute atomic E-state index is 0.185. The van der Waals surface area contributed by atoms with Crippen LogP contribution in [-0.4, -0.2) is 39.2 Å². The zero-order chi connectivity index (χ0) is 20.8. The first-order valence-corrected chi connectivity index (χ1v) is 9.27. The normalized spacial score (nSPS) is 12.0. The summed E-state index contributed by atoms with van der Waals surface area (Å²) in [5, 5.41) is 1.07. The predicted octanol–water partition coefficient (Wildman–Crippen LogP) is 5.25. The Kier molecular flexibility index (Phi) is 7.61. The molecule has 1 amide bonds. The van der Waals surface area contributed by atoms with Gasteiger partial charge in [0.25, 0.3) is 0 Å². The standard InChI is InChI=1S/C21H23Cl2NO4/c1-13(16-8-7-15(22)11-17(16)23)24(2)21(25)9-6-14-10-19(27-4)20(28-5)12-18(14)26-3/h6-13H,1-5H3/b9-6+/t13-/m1/s1. The van der Waals surface area contributed by atoms with Crippen LogP contribution in [0.15, 0.2) is 36.4 Å². The van der Waals surface area contributed by atoms with Crippen molar-refractivity contribution in [2.45, 2.75) is 13.0 Å². The molecular formula is C21H23Cl2NO4. The third-order valence-electron chi connectivity index (χ3n) is 4.48. The van der Waals surface area contributed by atoms with E-state index in [-0.39, 0.29) is 11.9 Å². The van der Waals surface area contributed by atoms with Gasteiger partial charge in [-0.3, -0.25) is 4.79 Å². The van der Waals surface area contributed by atoms with Crippen LogP contribution in [0.5, 0.6) is 17.2 Å². The third kappa shape index (κ3) is 4.91. The van der Waals surface area contributed by atoms with E-state index in [4.69, 9.17) is 37.4 Å². The predicted molar refractivity (Wildman–Crippen MR) is 113 cm³/mol. The maximum Gasteiger partial charge on any atom is 0.246 e. The van der Waals surface area contributed by atoms with E-state index in [1.807, 2.05) is 13.0 Å². The maximum atomic E-state index is 12.7. The van der Waals surface area contributed by atoms with Gasteiger partial charge in [-0.1, -0.05) is 29.3 Å². The molecule has 0 aliphatic rings. The van der Waals surface area contributed by atoms with Crippen molar-refractivity contribution >= 4 is 35.2 Å². The lowest BCUT2D eigenvalue weighted by atomic mass is 10.1. The highest BCUT2D eigenvalue weighted by Crippen LogP contribution is 2.35. The van der Waals surface area contributed by atoms with Crippen molar-refractivity contribution in [1.29, 1.82) is 0 Å². The second kappa shape index (κ2) is 9.71. The smallest absolute Gasteiger partial charge is 0.246 e. The number of carbonyl (C=O) groups excluding carboxylic acids is 1. The lowest BCUT2D eigenvalue weighted by Crippen LogP contribution is -2.28. The van der Waals surface area contributed by atoms with E-state index in [9.17, 15) is 4.79 Å². The fourth-order valence-corrected chi connectivity index (χ4v) is 3.27. The number of rotatable bonds is 7. The molecule has 1 atom stereocenters. The topological polar surface area (TPSA) is 48.0 Å². The number of methoxy groups -OCH3 is 3. The van der Waals surface area contributed by atoms with E-state index in [1.165, 1.54) is 6.08 Å². The Hall–Kier alpha value is -2.37. The monoisotopic (exact) mass is 423 g/mol. The number of nitrogens with zero attached hydrogens (tertiary/aromatic N) is 1. The molecule has 0 N–H and O–H groups in total. The molecule has 0 aliphatic heterocycles. The maximum absolute atomic E-state index is 12.7. The van der Waals surface area contributed by atoms with Crippen LogP contribution in [0.25, 0.3) is 6.08 Å². The summed E-state index contributed by atoms with van der Waals surface area (Å²) in [6.45, 7) is 1.90. The number of carbonyl (C=O) groups is 1. The van der Waals surface area contributed by atoms with Gasteiger partial charge < -0.3 is 19.1 Å². The first-order valence-electron chi connectivity index (χ1n) is 8.52.